The molecular weight excluding hydrogens is 513 g/mol. The Morgan fingerprint density at radius 2 is 1.92 bits per heavy atom. The van der Waals surface area contributed by atoms with Gasteiger partial charge in [0, 0.05) is 32.5 Å². The SMILES string of the molecule is CC(F)(F)c1ccn(-c2ccc(S(C)(=O)=O)cc2C(=O)N2CC3CC3(c3noc(C(F)(F)F)n3)C2)n1. The lowest BCUT2D eigenvalue weighted by atomic mass is 10.1. The zero-order chi connectivity index (χ0) is 26.3. The Labute approximate surface area is 200 Å². The van der Waals surface area contributed by atoms with Crippen LogP contribution in [-0.4, -0.2) is 58.5 Å². The fourth-order valence-electron chi connectivity index (χ4n) is 4.50. The predicted molar refractivity (Wildman–Crippen MR) is 111 cm³/mol. The van der Waals surface area contributed by atoms with Gasteiger partial charge in [-0.15, -0.1) is 0 Å². The second-order valence-corrected chi connectivity index (χ2v) is 11.2. The van der Waals surface area contributed by atoms with Crippen molar-refractivity contribution in [2.24, 2.45) is 5.92 Å². The Bertz CT molecular complexity index is 1480. The first-order valence-corrected chi connectivity index (χ1v) is 12.5. The summed E-state index contributed by atoms with van der Waals surface area (Å²) in [5.41, 5.74) is -1.50. The first-order chi connectivity index (χ1) is 16.6. The number of nitrogens with zero attached hydrogens (tertiary/aromatic N) is 5. The maximum atomic E-state index is 13.7. The van der Waals surface area contributed by atoms with Crippen LogP contribution in [0.25, 0.3) is 5.69 Å². The van der Waals surface area contributed by atoms with Gasteiger partial charge in [-0.25, -0.2) is 13.1 Å². The van der Waals surface area contributed by atoms with E-state index in [9.17, 15) is 35.2 Å². The number of likely N-dealkylation sites (tertiary alicyclic amines) is 1. The molecule has 1 aromatic carbocycles. The predicted octanol–water partition coefficient (Wildman–Crippen LogP) is 3.20. The van der Waals surface area contributed by atoms with Gasteiger partial charge in [0.1, 0.15) is 5.69 Å². The van der Waals surface area contributed by atoms with Crippen LogP contribution in [0.5, 0.6) is 0 Å². The molecule has 0 spiro atoms. The summed E-state index contributed by atoms with van der Waals surface area (Å²) in [7, 11) is -3.73. The molecule has 192 valence electrons. The number of sulfone groups is 1. The van der Waals surface area contributed by atoms with Gasteiger partial charge in [0.15, 0.2) is 15.7 Å². The summed E-state index contributed by atoms with van der Waals surface area (Å²) in [6.07, 6.45) is -2.18. The zero-order valence-electron chi connectivity index (χ0n) is 18.8. The van der Waals surface area contributed by atoms with Crippen molar-refractivity contribution in [2.75, 3.05) is 19.3 Å². The van der Waals surface area contributed by atoms with E-state index in [0.29, 0.717) is 13.3 Å². The molecule has 0 N–H and O–H groups in total. The highest BCUT2D eigenvalue weighted by atomic mass is 32.2. The standard InChI is InChI=1S/C21H18F5N5O4S/c1-19(22,23)15-5-6-31(28-15)14-4-3-12(36(2,33)34)7-13(14)16(32)30-9-11-8-20(11,10-30)17-27-18(35-29-17)21(24,25)26/h3-7,11H,8-10H2,1-2H3. The van der Waals surface area contributed by atoms with Crippen LogP contribution in [0.4, 0.5) is 22.0 Å². The van der Waals surface area contributed by atoms with E-state index in [0.717, 1.165) is 23.1 Å². The first kappa shape index (κ1) is 24.3. The number of alkyl halides is 5. The molecule has 1 amide bonds. The van der Waals surface area contributed by atoms with Crippen LogP contribution < -0.4 is 0 Å². The first-order valence-electron chi connectivity index (χ1n) is 10.6. The van der Waals surface area contributed by atoms with Gasteiger partial charge in [-0.1, -0.05) is 5.16 Å². The van der Waals surface area contributed by atoms with Crippen molar-refractivity contribution in [3.05, 3.63) is 53.4 Å². The lowest BCUT2D eigenvalue weighted by Gasteiger charge is -2.22. The van der Waals surface area contributed by atoms with Crippen LogP contribution in [0, 0.1) is 5.92 Å². The van der Waals surface area contributed by atoms with Gasteiger partial charge in [0.2, 0.25) is 0 Å². The number of amides is 1. The van der Waals surface area contributed by atoms with Crippen molar-refractivity contribution < 1.29 is 39.7 Å². The van der Waals surface area contributed by atoms with Crippen LogP contribution in [-0.2, 0) is 27.4 Å². The quantitative estimate of drug-likeness (QED) is 0.465. The van der Waals surface area contributed by atoms with E-state index in [-0.39, 0.29) is 41.0 Å². The van der Waals surface area contributed by atoms with Crippen molar-refractivity contribution in [2.45, 2.75) is 35.8 Å². The number of rotatable bonds is 5. The summed E-state index contributed by atoms with van der Waals surface area (Å²) >= 11 is 0. The normalized spacial score (nSPS) is 22.1. The molecule has 15 heteroatoms. The number of piperidine rings is 1. The molecule has 5 rings (SSSR count). The molecule has 2 aliphatic rings. The third kappa shape index (κ3) is 4.04. The Morgan fingerprint density at radius 3 is 2.50 bits per heavy atom. The van der Waals surface area contributed by atoms with E-state index in [1.165, 1.54) is 23.2 Å². The molecule has 36 heavy (non-hydrogen) atoms. The van der Waals surface area contributed by atoms with Gasteiger partial charge in [0.05, 0.1) is 21.6 Å². The van der Waals surface area contributed by atoms with E-state index in [1.807, 2.05) is 0 Å². The number of hydrogen-bond donors (Lipinski definition) is 0. The van der Waals surface area contributed by atoms with E-state index < -0.39 is 44.8 Å². The average molecular weight is 531 g/mol. The summed E-state index contributed by atoms with van der Waals surface area (Å²) in [6.45, 7) is 0.804. The highest BCUT2D eigenvalue weighted by Crippen LogP contribution is 2.58. The Kier molecular flexibility index (Phi) is 5.12. The van der Waals surface area contributed by atoms with Crippen molar-refractivity contribution in [3.63, 3.8) is 0 Å². The zero-order valence-corrected chi connectivity index (χ0v) is 19.6. The second-order valence-electron chi connectivity index (χ2n) is 9.15. The van der Waals surface area contributed by atoms with Crippen LogP contribution in [0.2, 0.25) is 0 Å². The molecule has 3 aromatic rings. The fraction of sp³-hybridized carbons (Fsp3) is 0.429. The summed E-state index contributed by atoms with van der Waals surface area (Å²) in [6, 6.07) is 4.72. The molecule has 2 atom stereocenters. The molecule has 0 radical (unpaired) electrons. The molecule has 3 heterocycles. The largest absolute Gasteiger partial charge is 0.471 e. The maximum Gasteiger partial charge on any atom is 0.471 e. The monoisotopic (exact) mass is 531 g/mol. The van der Waals surface area contributed by atoms with Crippen LogP contribution in [0.15, 0.2) is 39.9 Å². The average Bonchev–Trinajstić information content (AvgIpc) is 3.26. The molecule has 2 unspecified atom stereocenters. The van der Waals surface area contributed by atoms with Gasteiger partial charge in [0.25, 0.3) is 11.8 Å². The van der Waals surface area contributed by atoms with Gasteiger partial charge in [-0.05, 0) is 36.6 Å². The fourth-order valence-corrected chi connectivity index (χ4v) is 5.15. The van der Waals surface area contributed by atoms with Crippen molar-refractivity contribution in [1.82, 2.24) is 24.8 Å². The van der Waals surface area contributed by atoms with Crippen LogP contribution >= 0.6 is 0 Å². The highest BCUT2D eigenvalue weighted by Gasteiger charge is 2.65. The molecule has 1 saturated carbocycles. The lowest BCUT2D eigenvalue weighted by Crippen LogP contribution is -2.34. The van der Waals surface area contributed by atoms with Gasteiger partial charge < -0.3 is 9.42 Å². The van der Waals surface area contributed by atoms with Crippen molar-refractivity contribution in [1.29, 1.82) is 0 Å². The molecule has 1 aliphatic heterocycles. The summed E-state index contributed by atoms with van der Waals surface area (Å²) in [4.78, 5) is 18.2. The number of carbonyl (C=O) groups is 1. The lowest BCUT2D eigenvalue weighted by molar-refractivity contribution is -0.159. The maximum absolute atomic E-state index is 13.7. The molecule has 0 bridgehead atoms. The summed E-state index contributed by atoms with van der Waals surface area (Å²) in [5, 5.41) is 7.30. The summed E-state index contributed by atoms with van der Waals surface area (Å²) < 4.78 is 95.8. The Morgan fingerprint density at radius 1 is 1.19 bits per heavy atom. The van der Waals surface area contributed by atoms with E-state index >= 15 is 0 Å². The number of fused-ring (bicyclic) bond motifs is 1. The van der Waals surface area contributed by atoms with Crippen LogP contribution in [0.1, 0.15) is 41.1 Å². The number of benzene rings is 1. The van der Waals surface area contributed by atoms with E-state index in [1.54, 1.807) is 0 Å². The molecule has 2 aromatic heterocycles. The minimum atomic E-state index is -4.81. The van der Waals surface area contributed by atoms with Gasteiger partial charge >= 0.3 is 12.1 Å². The van der Waals surface area contributed by atoms with Crippen molar-refractivity contribution in [3.8, 4) is 5.69 Å². The van der Waals surface area contributed by atoms with E-state index in [2.05, 4.69) is 19.8 Å². The molecular formula is C21H18F5N5O4S. The number of hydrogen-bond acceptors (Lipinski definition) is 7. The Balaban J connectivity index is 1.49. The number of aromatic nitrogens is 4. The molecule has 1 saturated heterocycles. The third-order valence-electron chi connectivity index (χ3n) is 6.46. The molecule has 1 aliphatic carbocycles. The van der Waals surface area contributed by atoms with Gasteiger partial charge in [-0.3, -0.25) is 4.79 Å². The number of halogens is 5. The summed E-state index contributed by atoms with van der Waals surface area (Å²) in [5.74, 6) is -5.72. The van der Waals surface area contributed by atoms with Gasteiger partial charge in [-0.2, -0.15) is 32.0 Å². The minimum Gasteiger partial charge on any atom is -0.337 e. The Hall–Kier alpha value is -3.36. The smallest absolute Gasteiger partial charge is 0.337 e. The highest BCUT2D eigenvalue weighted by molar-refractivity contribution is 7.90. The number of carbonyl (C=O) groups excluding carboxylic acids is 1. The minimum absolute atomic E-state index is 0.0206. The molecule has 2 fully saturated rings. The van der Waals surface area contributed by atoms with Crippen molar-refractivity contribution >= 4 is 15.7 Å². The second kappa shape index (κ2) is 7.57. The van der Waals surface area contributed by atoms with E-state index in [4.69, 9.17) is 0 Å². The topological polar surface area (TPSA) is 111 Å². The molecule has 9 nitrogen and oxygen atoms in total. The van der Waals surface area contributed by atoms with Crippen LogP contribution in [0.3, 0.4) is 0 Å². The third-order valence-corrected chi connectivity index (χ3v) is 7.57.